The van der Waals surface area contributed by atoms with E-state index in [0.29, 0.717) is 44.0 Å². The Morgan fingerprint density at radius 1 is 1.00 bits per heavy atom. The first-order valence-corrected chi connectivity index (χ1v) is 8.82. The maximum atomic E-state index is 12.9. The standard InChI is InChI=1S/C18H17F3N4O4/c19-18(20,21)14-3-1-2-13(10-14)12-22-6-8-23(9-7-22)16-5-4-15(24(26)27)11-17(16)25(28)29/h1-5,10-11H,6-9,12H2/p+1. The van der Waals surface area contributed by atoms with Gasteiger partial charge < -0.3 is 9.80 Å². The molecular formula is C18H18F3N4O4+. The van der Waals surface area contributed by atoms with E-state index in [1.165, 1.54) is 18.2 Å². The zero-order chi connectivity index (χ0) is 21.2. The van der Waals surface area contributed by atoms with Crippen molar-refractivity contribution in [2.24, 2.45) is 0 Å². The normalized spacial score (nSPS) is 15.3. The van der Waals surface area contributed by atoms with Crippen LogP contribution in [0.2, 0.25) is 0 Å². The van der Waals surface area contributed by atoms with Crippen molar-refractivity contribution in [3.8, 4) is 0 Å². The minimum atomic E-state index is -4.39. The lowest BCUT2D eigenvalue weighted by Gasteiger charge is -2.33. The molecule has 29 heavy (non-hydrogen) atoms. The summed E-state index contributed by atoms with van der Waals surface area (Å²) < 4.78 is 38.6. The van der Waals surface area contributed by atoms with Gasteiger partial charge in [-0.2, -0.15) is 13.2 Å². The van der Waals surface area contributed by atoms with E-state index >= 15 is 0 Å². The molecule has 1 heterocycles. The second-order valence-electron chi connectivity index (χ2n) is 6.80. The second kappa shape index (κ2) is 8.03. The monoisotopic (exact) mass is 411 g/mol. The Balaban J connectivity index is 1.68. The molecule has 1 aliphatic heterocycles. The summed E-state index contributed by atoms with van der Waals surface area (Å²) in [6.45, 7) is 2.47. The summed E-state index contributed by atoms with van der Waals surface area (Å²) in [5.74, 6) is 0. The number of nitrogens with zero attached hydrogens (tertiary/aromatic N) is 3. The van der Waals surface area contributed by atoms with Crippen molar-refractivity contribution < 1.29 is 27.9 Å². The second-order valence-corrected chi connectivity index (χ2v) is 6.80. The Bertz CT molecular complexity index is 928. The number of piperazine rings is 1. The van der Waals surface area contributed by atoms with Gasteiger partial charge in [-0.1, -0.05) is 12.1 Å². The van der Waals surface area contributed by atoms with E-state index in [2.05, 4.69) is 0 Å². The summed E-state index contributed by atoms with van der Waals surface area (Å²) in [5.41, 5.74) is -0.493. The minimum absolute atomic E-state index is 0.304. The van der Waals surface area contributed by atoms with E-state index < -0.39 is 21.6 Å². The van der Waals surface area contributed by atoms with Crippen LogP contribution in [0.5, 0.6) is 0 Å². The predicted molar refractivity (Wildman–Crippen MR) is 97.8 cm³/mol. The van der Waals surface area contributed by atoms with Gasteiger partial charge in [0.2, 0.25) is 0 Å². The van der Waals surface area contributed by atoms with Crippen molar-refractivity contribution in [1.29, 1.82) is 0 Å². The van der Waals surface area contributed by atoms with Crippen molar-refractivity contribution in [2.45, 2.75) is 12.7 Å². The zero-order valence-electron chi connectivity index (χ0n) is 15.2. The van der Waals surface area contributed by atoms with E-state index in [1.54, 1.807) is 11.0 Å². The van der Waals surface area contributed by atoms with Gasteiger partial charge in [-0.25, -0.2) is 0 Å². The molecular weight excluding hydrogens is 393 g/mol. The Labute approximate surface area is 163 Å². The summed E-state index contributed by atoms with van der Waals surface area (Å²) in [4.78, 5) is 23.7. The number of benzene rings is 2. The van der Waals surface area contributed by atoms with Gasteiger partial charge >= 0.3 is 6.18 Å². The van der Waals surface area contributed by atoms with Crippen LogP contribution in [-0.4, -0.2) is 36.0 Å². The van der Waals surface area contributed by atoms with Crippen LogP contribution in [-0.2, 0) is 12.7 Å². The number of rotatable bonds is 5. The molecule has 8 nitrogen and oxygen atoms in total. The Hall–Kier alpha value is -3.21. The quantitative estimate of drug-likeness (QED) is 0.603. The molecule has 0 spiro atoms. The van der Waals surface area contributed by atoms with Crippen molar-refractivity contribution in [2.75, 3.05) is 31.1 Å². The highest BCUT2D eigenvalue weighted by molar-refractivity contribution is 5.66. The van der Waals surface area contributed by atoms with E-state index in [4.69, 9.17) is 0 Å². The van der Waals surface area contributed by atoms with Gasteiger partial charge in [0.15, 0.2) is 0 Å². The number of non-ortho nitro benzene ring substituents is 1. The maximum Gasteiger partial charge on any atom is 0.416 e. The molecule has 0 atom stereocenters. The predicted octanol–water partition coefficient (Wildman–Crippen LogP) is 2.43. The number of nitro benzene ring substituents is 2. The number of quaternary nitrogens is 1. The van der Waals surface area contributed by atoms with Crippen LogP contribution in [0.15, 0.2) is 42.5 Å². The first-order chi connectivity index (χ1) is 13.6. The third kappa shape index (κ3) is 4.80. The van der Waals surface area contributed by atoms with Crippen molar-refractivity contribution in [3.05, 3.63) is 73.8 Å². The number of nitro groups is 2. The highest BCUT2D eigenvalue weighted by Gasteiger charge is 2.31. The number of alkyl halides is 3. The van der Waals surface area contributed by atoms with E-state index in [1.807, 2.05) is 0 Å². The van der Waals surface area contributed by atoms with Gasteiger partial charge in [0.1, 0.15) is 12.2 Å². The molecule has 0 bridgehead atoms. The third-order valence-electron chi connectivity index (χ3n) is 4.89. The van der Waals surface area contributed by atoms with E-state index in [9.17, 15) is 33.4 Å². The van der Waals surface area contributed by atoms with Crippen molar-refractivity contribution in [1.82, 2.24) is 0 Å². The molecule has 0 saturated carbocycles. The Morgan fingerprint density at radius 2 is 1.69 bits per heavy atom. The summed E-state index contributed by atoms with van der Waals surface area (Å²) in [6.07, 6.45) is -4.39. The van der Waals surface area contributed by atoms with Crippen molar-refractivity contribution in [3.63, 3.8) is 0 Å². The molecule has 0 aliphatic carbocycles. The first-order valence-electron chi connectivity index (χ1n) is 8.82. The first kappa shape index (κ1) is 20.5. The highest BCUT2D eigenvalue weighted by Crippen LogP contribution is 2.32. The van der Waals surface area contributed by atoms with Gasteiger partial charge in [-0.15, -0.1) is 0 Å². The fraction of sp³-hybridized carbons (Fsp3) is 0.333. The fourth-order valence-corrected chi connectivity index (χ4v) is 3.43. The molecule has 0 amide bonds. The number of hydrogen-bond acceptors (Lipinski definition) is 5. The van der Waals surface area contributed by atoms with Gasteiger partial charge in [-0.05, 0) is 18.2 Å². The molecule has 0 radical (unpaired) electrons. The molecule has 0 unspecified atom stereocenters. The average Bonchev–Trinajstić information content (AvgIpc) is 2.67. The molecule has 1 saturated heterocycles. The molecule has 154 valence electrons. The molecule has 2 aromatic carbocycles. The molecule has 1 aliphatic rings. The van der Waals surface area contributed by atoms with Crippen LogP contribution in [0.4, 0.5) is 30.2 Å². The van der Waals surface area contributed by atoms with Crippen molar-refractivity contribution >= 4 is 17.1 Å². The van der Waals surface area contributed by atoms with Gasteiger partial charge in [0.25, 0.3) is 11.4 Å². The topological polar surface area (TPSA) is 94.0 Å². The van der Waals surface area contributed by atoms with Crippen LogP contribution >= 0.6 is 0 Å². The summed E-state index contributed by atoms with van der Waals surface area (Å²) >= 11 is 0. The van der Waals surface area contributed by atoms with Gasteiger partial charge in [0, 0.05) is 11.6 Å². The molecule has 0 aromatic heterocycles. The highest BCUT2D eigenvalue weighted by atomic mass is 19.4. The summed E-state index contributed by atoms with van der Waals surface area (Å²) in [6, 6.07) is 8.74. The number of halogens is 3. The maximum absolute atomic E-state index is 12.9. The van der Waals surface area contributed by atoms with Crippen LogP contribution < -0.4 is 9.80 Å². The Morgan fingerprint density at radius 3 is 2.28 bits per heavy atom. The molecule has 11 heteroatoms. The molecule has 1 N–H and O–H groups in total. The number of hydrogen-bond donors (Lipinski definition) is 1. The summed E-state index contributed by atoms with van der Waals surface area (Å²) in [7, 11) is 0. The van der Waals surface area contributed by atoms with Crippen LogP contribution in [0.1, 0.15) is 11.1 Å². The minimum Gasteiger partial charge on any atom is -0.355 e. The third-order valence-corrected chi connectivity index (χ3v) is 4.89. The lowest BCUT2D eigenvalue weighted by molar-refractivity contribution is -0.914. The van der Waals surface area contributed by atoms with Gasteiger partial charge in [-0.3, -0.25) is 20.2 Å². The van der Waals surface area contributed by atoms with Crippen LogP contribution in [0.25, 0.3) is 0 Å². The van der Waals surface area contributed by atoms with E-state index in [0.717, 1.165) is 23.1 Å². The lowest BCUT2D eigenvalue weighted by Crippen LogP contribution is -3.13. The SMILES string of the molecule is O=[N+]([O-])c1ccc(N2CC[NH+](Cc3cccc(C(F)(F)F)c3)CC2)c([N+](=O)[O-])c1. The molecule has 2 aromatic rings. The lowest BCUT2D eigenvalue weighted by atomic mass is 10.1. The molecule has 3 rings (SSSR count). The summed E-state index contributed by atoms with van der Waals surface area (Å²) in [5, 5.41) is 22.2. The average molecular weight is 411 g/mol. The molecule has 1 fully saturated rings. The van der Waals surface area contributed by atoms with Gasteiger partial charge in [0.05, 0.1) is 47.7 Å². The fourth-order valence-electron chi connectivity index (χ4n) is 3.43. The smallest absolute Gasteiger partial charge is 0.355 e. The van der Waals surface area contributed by atoms with Crippen LogP contribution in [0, 0.1) is 20.2 Å². The largest absolute Gasteiger partial charge is 0.416 e. The number of nitrogens with one attached hydrogen (secondary N) is 1. The zero-order valence-corrected chi connectivity index (χ0v) is 15.2. The van der Waals surface area contributed by atoms with Crippen LogP contribution in [0.3, 0.4) is 0 Å². The van der Waals surface area contributed by atoms with E-state index in [-0.39, 0.29) is 11.4 Å². The number of anilines is 1. The Kier molecular flexibility index (Phi) is 5.69.